The van der Waals surface area contributed by atoms with Crippen molar-refractivity contribution in [2.24, 2.45) is 5.41 Å². The van der Waals surface area contributed by atoms with E-state index in [1.54, 1.807) is 0 Å². The molecule has 1 heterocycles. The molecule has 0 aliphatic heterocycles. The number of nitrogens with one attached hydrogen (secondary N) is 2. The number of hydrogen-bond acceptors (Lipinski definition) is 5. The topological polar surface area (TPSA) is 100 Å². The van der Waals surface area contributed by atoms with Crippen molar-refractivity contribution in [3.05, 3.63) is 11.7 Å². The molecule has 3 N–H and O–H groups in total. The lowest BCUT2D eigenvalue weighted by molar-refractivity contribution is 0.00310. The highest BCUT2D eigenvalue weighted by molar-refractivity contribution is 5.73. The summed E-state index contributed by atoms with van der Waals surface area (Å²) in [5, 5.41) is 19.6. The Labute approximate surface area is 137 Å². The van der Waals surface area contributed by atoms with Crippen LogP contribution >= 0.6 is 0 Å². The maximum Gasteiger partial charge on any atom is 0.314 e. The first-order valence-corrected chi connectivity index (χ1v) is 8.43. The average molecular weight is 324 g/mol. The standard InChI is InChI=1S/C16H28N4O3/c1-11(2)14-19-13(23-20-14)7-9-17-15(22)18-10-16(3)8-5-4-6-12(16)21/h11-12,21H,4-10H2,1-3H3,(H2,17,18,22). The lowest BCUT2D eigenvalue weighted by Gasteiger charge is -2.38. The van der Waals surface area contributed by atoms with E-state index in [-0.39, 0.29) is 23.5 Å². The van der Waals surface area contributed by atoms with Crippen LogP contribution in [-0.2, 0) is 6.42 Å². The van der Waals surface area contributed by atoms with Crippen LogP contribution in [0.2, 0.25) is 0 Å². The maximum absolute atomic E-state index is 11.9. The Hall–Kier alpha value is -1.63. The summed E-state index contributed by atoms with van der Waals surface area (Å²) in [6, 6.07) is -0.229. The molecule has 23 heavy (non-hydrogen) atoms. The molecule has 1 aromatic heterocycles. The van der Waals surface area contributed by atoms with Crippen LogP contribution in [0.1, 0.15) is 64.1 Å². The Morgan fingerprint density at radius 1 is 1.43 bits per heavy atom. The van der Waals surface area contributed by atoms with E-state index in [0.29, 0.717) is 31.2 Å². The molecular formula is C16H28N4O3. The van der Waals surface area contributed by atoms with E-state index < -0.39 is 0 Å². The second-order valence-corrected chi connectivity index (χ2v) is 6.98. The van der Waals surface area contributed by atoms with E-state index >= 15 is 0 Å². The van der Waals surface area contributed by atoms with Gasteiger partial charge in [-0.15, -0.1) is 0 Å². The highest BCUT2D eigenvalue weighted by atomic mass is 16.5. The number of carbonyl (C=O) groups is 1. The normalized spacial score (nSPS) is 24.7. The Bertz CT molecular complexity index is 517. The number of aromatic nitrogens is 2. The quantitative estimate of drug-likeness (QED) is 0.743. The van der Waals surface area contributed by atoms with Crippen LogP contribution in [0.25, 0.3) is 0 Å². The second kappa shape index (κ2) is 7.77. The third-order valence-corrected chi connectivity index (χ3v) is 4.56. The third kappa shape index (κ3) is 4.92. The van der Waals surface area contributed by atoms with Crippen LogP contribution in [-0.4, -0.2) is 40.5 Å². The largest absolute Gasteiger partial charge is 0.392 e. The van der Waals surface area contributed by atoms with Crippen molar-refractivity contribution in [2.45, 2.75) is 64.9 Å². The molecule has 1 aliphatic rings. The molecule has 2 rings (SSSR count). The SMILES string of the molecule is CC(C)c1noc(CCNC(=O)NCC2(C)CCCCC2O)n1. The molecule has 0 spiro atoms. The van der Waals surface area contributed by atoms with Gasteiger partial charge in [-0.3, -0.25) is 0 Å². The lowest BCUT2D eigenvalue weighted by atomic mass is 9.73. The molecule has 0 aromatic carbocycles. The van der Waals surface area contributed by atoms with Gasteiger partial charge in [0.25, 0.3) is 0 Å². The summed E-state index contributed by atoms with van der Waals surface area (Å²) in [6.45, 7) is 6.95. The molecule has 2 atom stereocenters. The molecule has 1 aromatic rings. The van der Waals surface area contributed by atoms with Crippen molar-refractivity contribution in [2.75, 3.05) is 13.1 Å². The van der Waals surface area contributed by atoms with Crippen LogP contribution in [0.15, 0.2) is 4.52 Å². The van der Waals surface area contributed by atoms with Gasteiger partial charge in [0.1, 0.15) is 0 Å². The van der Waals surface area contributed by atoms with Gasteiger partial charge in [-0.1, -0.05) is 38.8 Å². The molecule has 2 amide bonds. The Balaban J connectivity index is 1.68. The summed E-state index contributed by atoms with van der Waals surface area (Å²) in [4.78, 5) is 16.1. The Morgan fingerprint density at radius 3 is 2.87 bits per heavy atom. The van der Waals surface area contributed by atoms with E-state index in [2.05, 4.69) is 20.8 Å². The molecule has 0 bridgehead atoms. The molecule has 2 unspecified atom stereocenters. The fraction of sp³-hybridized carbons (Fsp3) is 0.812. The average Bonchev–Trinajstić information content (AvgIpc) is 2.98. The van der Waals surface area contributed by atoms with Crippen molar-refractivity contribution >= 4 is 6.03 Å². The monoisotopic (exact) mass is 324 g/mol. The molecule has 1 aliphatic carbocycles. The molecule has 0 radical (unpaired) electrons. The fourth-order valence-electron chi connectivity index (χ4n) is 2.82. The zero-order valence-corrected chi connectivity index (χ0v) is 14.3. The van der Waals surface area contributed by atoms with Crippen LogP contribution in [0, 0.1) is 5.41 Å². The minimum Gasteiger partial charge on any atom is -0.392 e. The highest BCUT2D eigenvalue weighted by Crippen LogP contribution is 2.35. The van der Waals surface area contributed by atoms with Gasteiger partial charge in [0.05, 0.1) is 6.10 Å². The van der Waals surface area contributed by atoms with Gasteiger partial charge < -0.3 is 20.3 Å². The fourth-order valence-corrected chi connectivity index (χ4v) is 2.82. The van der Waals surface area contributed by atoms with Crippen LogP contribution in [0.4, 0.5) is 4.79 Å². The zero-order chi connectivity index (χ0) is 16.9. The van der Waals surface area contributed by atoms with Crippen molar-refractivity contribution in [3.8, 4) is 0 Å². The molecule has 7 heteroatoms. The van der Waals surface area contributed by atoms with Gasteiger partial charge >= 0.3 is 6.03 Å². The minimum absolute atomic E-state index is 0.228. The molecule has 0 saturated heterocycles. The smallest absolute Gasteiger partial charge is 0.314 e. The number of aliphatic hydroxyl groups is 1. The Morgan fingerprint density at radius 2 is 2.22 bits per heavy atom. The number of aliphatic hydroxyl groups excluding tert-OH is 1. The molecule has 7 nitrogen and oxygen atoms in total. The van der Waals surface area contributed by atoms with E-state index in [1.165, 1.54) is 0 Å². The van der Waals surface area contributed by atoms with Crippen molar-refractivity contribution in [1.29, 1.82) is 0 Å². The predicted octanol–water partition coefficient (Wildman–Crippen LogP) is 1.98. The van der Waals surface area contributed by atoms with E-state index in [1.807, 2.05) is 20.8 Å². The van der Waals surface area contributed by atoms with Gasteiger partial charge in [-0.25, -0.2) is 4.79 Å². The first-order chi connectivity index (χ1) is 10.9. The third-order valence-electron chi connectivity index (χ3n) is 4.56. The first kappa shape index (κ1) is 17.7. The summed E-state index contributed by atoms with van der Waals surface area (Å²) in [5.41, 5.74) is -0.228. The lowest BCUT2D eigenvalue weighted by Crippen LogP contribution is -2.47. The van der Waals surface area contributed by atoms with Gasteiger partial charge in [-0.05, 0) is 12.8 Å². The van der Waals surface area contributed by atoms with Crippen LogP contribution < -0.4 is 10.6 Å². The maximum atomic E-state index is 11.9. The van der Waals surface area contributed by atoms with Crippen LogP contribution in [0.5, 0.6) is 0 Å². The van der Waals surface area contributed by atoms with E-state index in [0.717, 1.165) is 25.7 Å². The summed E-state index contributed by atoms with van der Waals surface area (Å²) in [5.74, 6) is 1.44. The number of urea groups is 1. The molecular weight excluding hydrogens is 296 g/mol. The molecule has 1 fully saturated rings. The molecule has 1 saturated carbocycles. The highest BCUT2D eigenvalue weighted by Gasteiger charge is 2.35. The second-order valence-electron chi connectivity index (χ2n) is 6.98. The number of amides is 2. The predicted molar refractivity (Wildman–Crippen MR) is 86.1 cm³/mol. The summed E-state index contributed by atoms with van der Waals surface area (Å²) in [6.07, 6.45) is 4.08. The first-order valence-electron chi connectivity index (χ1n) is 8.43. The number of hydrogen-bond donors (Lipinski definition) is 3. The number of carbonyl (C=O) groups excluding carboxylic acids is 1. The van der Waals surface area contributed by atoms with Gasteiger partial charge in [0, 0.05) is 30.8 Å². The minimum atomic E-state index is -0.343. The van der Waals surface area contributed by atoms with Gasteiger partial charge in [0.15, 0.2) is 5.82 Å². The van der Waals surface area contributed by atoms with E-state index in [9.17, 15) is 9.90 Å². The zero-order valence-electron chi connectivity index (χ0n) is 14.3. The van der Waals surface area contributed by atoms with Crippen LogP contribution in [0.3, 0.4) is 0 Å². The van der Waals surface area contributed by atoms with Crippen molar-refractivity contribution in [1.82, 2.24) is 20.8 Å². The summed E-state index contributed by atoms with van der Waals surface area (Å²) >= 11 is 0. The van der Waals surface area contributed by atoms with Crippen molar-refractivity contribution < 1.29 is 14.4 Å². The van der Waals surface area contributed by atoms with Gasteiger partial charge in [0.2, 0.25) is 5.89 Å². The summed E-state index contributed by atoms with van der Waals surface area (Å²) in [7, 11) is 0. The summed E-state index contributed by atoms with van der Waals surface area (Å²) < 4.78 is 5.13. The number of nitrogens with zero attached hydrogens (tertiary/aromatic N) is 2. The molecule has 130 valence electrons. The van der Waals surface area contributed by atoms with Crippen molar-refractivity contribution in [3.63, 3.8) is 0 Å². The van der Waals surface area contributed by atoms with E-state index in [4.69, 9.17) is 4.52 Å². The number of rotatable bonds is 6. The van der Waals surface area contributed by atoms with Gasteiger partial charge in [-0.2, -0.15) is 4.98 Å². The Kier molecular flexibility index (Phi) is 5.98.